The third kappa shape index (κ3) is 3.37. The minimum atomic E-state index is -0.504. The Labute approximate surface area is 109 Å². The summed E-state index contributed by atoms with van der Waals surface area (Å²) in [7, 11) is 0. The normalized spacial score (nSPS) is 14.6. The number of allylic oxidation sites excluding steroid dienone is 2. The Morgan fingerprint density at radius 3 is 2.53 bits per heavy atom. The van der Waals surface area contributed by atoms with Crippen LogP contribution in [0.2, 0.25) is 0 Å². The van der Waals surface area contributed by atoms with Crippen LogP contribution in [0.15, 0.2) is 35.0 Å². The van der Waals surface area contributed by atoms with Gasteiger partial charge in [0.1, 0.15) is 11.5 Å². The zero-order chi connectivity index (χ0) is 13.7. The zero-order valence-corrected chi connectivity index (χ0v) is 10.2. The van der Waals surface area contributed by atoms with Gasteiger partial charge in [0.05, 0.1) is 0 Å². The van der Waals surface area contributed by atoms with Crippen molar-refractivity contribution in [3.8, 4) is 0 Å². The van der Waals surface area contributed by atoms with Crippen LogP contribution in [0.1, 0.15) is 36.3 Å². The van der Waals surface area contributed by atoms with E-state index in [2.05, 4.69) is 15.0 Å². The van der Waals surface area contributed by atoms with Crippen LogP contribution < -0.4 is 0 Å². The van der Waals surface area contributed by atoms with Crippen molar-refractivity contribution in [3.63, 3.8) is 0 Å². The van der Waals surface area contributed by atoms with E-state index in [-0.39, 0.29) is 36.6 Å². The third-order valence-electron chi connectivity index (χ3n) is 2.63. The molecule has 19 heavy (non-hydrogen) atoms. The summed E-state index contributed by atoms with van der Waals surface area (Å²) < 4.78 is 13.4. The van der Waals surface area contributed by atoms with Gasteiger partial charge in [-0.15, -0.1) is 0 Å². The van der Waals surface area contributed by atoms with Gasteiger partial charge in [-0.3, -0.25) is 14.6 Å². The lowest BCUT2D eigenvalue weighted by molar-refractivity contribution is -0.115. The molecule has 1 aromatic rings. The largest absolute Gasteiger partial charge is 0.292 e. The Morgan fingerprint density at radius 2 is 1.84 bits per heavy atom. The molecule has 0 amide bonds. The number of hydrogen-bond acceptors (Lipinski definition) is 5. The Kier molecular flexibility index (Phi) is 4.22. The molecular weight excluding hydrogens is 249 g/mol. The summed E-state index contributed by atoms with van der Waals surface area (Å²) in [6, 6.07) is 1.60. The van der Waals surface area contributed by atoms with E-state index in [1.165, 1.54) is 18.6 Å². The molecule has 0 aliphatic carbocycles. The minimum Gasteiger partial charge on any atom is -0.292 e. The van der Waals surface area contributed by atoms with E-state index in [0.717, 1.165) is 0 Å². The third-order valence-corrected chi connectivity index (χ3v) is 2.63. The van der Waals surface area contributed by atoms with Crippen molar-refractivity contribution in [2.45, 2.75) is 25.7 Å². The van der Waals surface area contributed by atoms with Gasteiger partial charge < -0.3 is 0 Å². The molecule has 0 fully saturated rings. The van der Waals surface area contributed by atoms with Crippen LogP contribution in [0.3, 0.4) is 0 Å². The minimum absolute atomic E-state index is 0.0465. The number of halogens is 1. The summed E-state index contributed by atoms with van der Waals surface area (Å²) >= 11 is 0. The topological polar surface area (TPSA) is 72.3 Å². The van der Waals surface area contributed by atoms with Crippen LogP contribution in [0, 0.1) is 0 Å². The van der Waals surface area contributed by atoms with Gasteiger partial charge in [-0.05, 0) is 12.5 Å². The number of nitrogens with zero attached hydrogens (tertiary/aromatic N) is 3. The molecule has 0 saturated carbocycles. The first-order chi connectivity index (χ1) is 9.18. The van der Waals surface area contributed by atoms with Crippen LogP contribution in [0.5, 0.6) is 0 Å². The van der Waals surface area contributed by atoms with Gasteiger partial charge in [-0.1, -0.05) is 0 Å². The Hall–Kier alpha value is -2.24. The summed E-state index contributed by atoms with van der Waals surface area (Å²) in [5.41, 5.74) is -0.159. The molecule has 1 aliphatic heterocycles. The summed E-state index contributed by atoms with van der Waals surface area (Å²) in [5.74, 6) is -1.24. The molecule has 0 N–H and O–H groups in total. The standard InChI is InChI=1S/C13H12FN3O2/c14-9-3-1-6-15-12(9)10(18)4-5-11(19)13-16-7-2-8-17-13/h2,6-8H,1,3-5H2. The highest BCUT2D eigenvalue weighted by Crippen LogP contribution is 2.20. The van der Waals surface area contributed by atoms with Crippen molar-refractivity contribution in [2.75, 3.05) is 0 Å². The molecule has 0 aromatic carbocycles. The van der Waals surface area contributed by atoms with Gasteiger partial charge in [-0.2, -0.15) is 0 Å². The van der Waals surface area contributed by atoms with E-state index < -0.39 is 11.6 Å². The molecule has 2 rings (SSSR count). The van der Waals surface area contributed by atoms with Crippen molar-refractivity contribution in [2.24, 2.45) is 4.99 Å². The predicted octanol–water partition coefficient (Wildman–Crippen LogP) is 2.05. The molecule has 0 radical (unpaired) electrons. The molecule has 98 valence electrons. The van der Waals surface area contributed by atoms with Gasteiger partial charge >= 0.3 is 0 Å². The Bertz CT molecular complexity index is 552. The van der Waals surface area contributed by atoms with Crippen LogP contribution in [-0.2, 0) is 4.79 Å². The number of Topliss-reactive ketones (excluding diaryl/α,β-unsaturated/α-hetero) is 2. The fraction of sp³-hybridized carbons (Fsp3) is 0.308. The number of hydrogen-bond donors (Lipinski definition) is 0. The summed E-state index contributed by atoms with van der Waals surface area (Å²) in [4.78, 5) is 34.8. The first-order valence-electron chi connectivity index (χ1n) is 5.93. The average molecular weight is 261 g/mol. The number of ketones is 2. The smallest absolute Gasteiger partial charge is 0.200 e. The average Bonchev–Trinajstić information content (AvgIpc) is 2.46. The number of rotatable bonds is 5. The van der Waals surface area contributed by atoms with E-state index >= 15 is 0 Å². The van der Waals surface area contributed by atoms with E-state index in [0.29, 0.717) is 6.42 Å². The number of carbonyl (C=O) groups excluding carboxylic acids is 2. The van der Waals surface area contributed by atoms with Crippen molar-refractivity contribution >= 4 is 17.8 Å². The van der Waals surface area contributed by atoms with E-state index in [9.17, 15) is 14.0 Å². The first kappa shape index (κ1) is 13.2. The molecule has 0 atom stereocenters. The lowest BCUT2D eigenvalue weighted by atomic mass is 10.1. The van der Waals surface area contributed by atoms with Gasteiger partial charge in [0.25, 0.3) is 0 Å². The lowest BCUT2D eigenvalue weighted by Crippen LogP contribution is -2.11. The second kappa shape index (κ2) is 6.08. The highest BCUT2D eigenvalue weighted by atomic mass is 19.1. The molecule has 5 nitrogen and oxygen atoms in total. The molecule has 0 unspecified atom stereocenters. The molecule has 0 spiro atoms. The number of aliphatic imine (C=N–C) groups is 1. The van der Waals surface area contributed by atoms with Gasteiger partial charge in [-0.25, -0.2) is 14.4 Å². The van der Waals surface area contributed by atoms with Crippen LogP contribution in [-0.4, -0.2) is 27.7 Å². The second-order valence-electron chi connectivity index (χ2n) is 4.02. The van der Waals surface area contributed by atoms with Gasteiger partial charge in [0.15, 0.2) is 17.4 Å². The molecule has 0 saturated heterocycles. The van der Waals surface area contributed by atoms with Gasteiger partial charge in [0.2, 0.25) is 0 Å². The van der Waals surface area contributed by atoms with Crippen LogP contribution in [0.25, 0.3) is 0 Å². The summed E-state index contributed by atoms with van der Waals surface area (Å²) in [6.07, 6.45) is 4.98. The van der Waals surface area contributed by atoms with E-state index in [1.54, 1.807) is 6.07 Å². The first-order valence-corrected chi connectivity index (χ1v) is 5.93. The van der Waals surface area contributed by atoms with E-state index in [1.807, 2.05) is 0 Å². The van der Waals surface area contributed by atoms with Crippen molar-refractivity contribution < 1.29 is 14.0 Å². The van der Waals surface area contributed by atoms with Crippen molar-refractivity contribution in [1.29, 1.82) is 0 Å². The Morgan fingerprint density at radius 1 is 1.16 bits per heavy atom. The monoisotopic (exact) mass is 261 g/mol. The molecule has 0 bridgehead atoms. The quantitative estimate of drug-likeness (QED) is 0.760. The second-order valence-corrected chi connectivity index (χ2v) is 4.02. The van der Waals surface area contributed by atoms with Crippen LogP contribution >= 0.6 is 0 Å². The SMILES string of the molecule is O=C(CCC(=O)c1ncccn1)C1=C(F)CCC=N1. The molecule has 1 aromatic heterocycles. The maximum absolute atomic E-state index is 13.4. The molecule has 2 heterocycles. The van der Waals surface area contributed by atoms with E-state index in [4.69, 9.17) is 0 Å². The zero-order valence-electron chi connectivity index (χ0n) is 10.2. The maximum Gasteiger partial charge on any atom is 0.200 e. The van der Waals surface area contributed by atoms with Crippen molar-refractivity contribution in [1.82, 2.24) is 9.97 Å². The van der Waals surface area contributed by atoms with Gasteiger partial charge in [0, 0.05) is 37.9 Å². The predicted molar refractivity (Wildman–Crippen MR) is 66.5 cm³/mol. The number of aromatic nitrogens is 2. The lowest BCUT2D eigenvalue weighted by Gasteiger charge is -2.07. The number of carbonyl (C=O) groups is 2. The summed E-state index contributed by atoms with van der Waals surface area (Å²) in [5, 5.41) is 0. The maximum atomic E-state index is 13.4. The summed E-state index contributed by atoms with van der Waals surface area (Å²) in [6.45, 7) is 0. The molecule has 6 heteroatoms. The molecule has 1 aliphatic rings. The fourth-order valence-corrected chi connectivity index (χ4v) is 1.66. The van der Waals surface area contributed by atoms with Crippen molar-refractivity contribution in [3.05, 3.63) is 35.8 Å². The highest BCUT2D eigenvalue weighted by molar-refractivity contribution is 6.01. The fourth-order valence-electron chi connectivity index (χ4n) is 1.66. The van der Waals surface area contributed by atoms with Crippen LogP contribution in [0.4, 0.5) is 4.39 Å². The Balaban J connectivity index is 1.94. The highest BCUT2D eigenvalue weighted by Gasteiger charge is 2.19. The molecular formula is C13H12FN3O2.